The number of carbonyl (C=O) groups excluding carboxylic acids is 1. The number of anilines is 1. The highest BCUT2D eigenvalue weighted by atomic mass is 16.1. The Morgan fingerprint density at radius 3 is 2.71 bits per heavy atom. The smallest absolute Gasteiger partial charge is 0.258 e. The predicted octanol–water partition coefficient (Wildman–Crippen LogP) is 3.38. The highest BCUT2D eigenvalue weighted by Crippen LogP contribution is 2.23. The van der Waals surface area contributed by atoms with E-state index in [1.807, 2.05) is 50.2 Å². The van der Waals surface area contributed by atoms with E-state index < -0.39 is 0 Å². The lowest BCUT2D eigenvalue weighted by molar-refractivity contribution is 0.102. The van der Waals surface area contributed by atoms with Crippen molar-refractivity contribution in [3.8, 4) is 0 Å². The first-order valence-electron chi connectivity index (χ1n) is 7.61. The number of carbonyl (C=O) groups is 1. The summed E-state index contributed by atoms with van der Waals surface area (Å²) >= 11 is 0. The van der Waals surface area contributed by atoms with E-state index in [9.17, 15) is 4.79 Å². The lowest BCUT2D eigenvalue weighted by Gasteiger charge is -2.03. The monoisotopic (exact) mass is 317 g/mol. The van der Waals surface area contributed by atoms with Gasteiger partial charge in [-0.05, 0) is 38.1 Å². The van der Waals surface area contributed by atoms with Crippen LogP contribution in [-0.2, 0) is 0 Å². The molecular weight excluding hydrogens is 302 g/mol. The Hall–Kier alpha value is -3.28. The van der Waals surface area contributed by atoms with Gasteiger partial charge in [-0.25, -0.2) is 0 Å². The van der Waals surface area contributed by atoms with Crippen molar-refractivity contribution in [3.63, 3.8) is 0 Å². The van der Waals surface area contributed by atoms with Gasteiger partial charge in [0.15, 0.2) is 5.65 Å². The largest absolute Gasteiger partial charge is 0.338 e. The highest BCUT2D eigenvalue weighted by Gasteiger charge is 2.12. The van der Waals surface area contributed by atoms with Gasteiger partial charge in [-0.1, -0.05) is 29.3 Å². The van der Waals surface area contributed by atoms with Gasteiger partial charge in [-0.2, -0.15) is 4.98 Å². The van der Waals surface area contributed by atoms with Gasteiger partial charge in [0, 0.05) is 16.5 Å². The van der Waals surface area contributed by atoms with Crippen LogP contribution < -0.4 is 5.32 Å². The molecule has 0 radical (unpaired) electrons. The van der Waals surface area contributed by atoms with Crippen molar-refractivity contribution in [1.82, 2.24) is 20.2 Å². The zero-order chi connectivity index (χ0) is 16.7. The van der Waals surface area contributed by atoms with Crippen LogP contribution in [0.25, 0.3) is 22.1 Å². The second kappa shape index (κ2) is 5.42. The summed E-state index contributed by atoms with van der Waals surface area (Å²) in [5.74, 6) is -0.0795. The number of amides is 1. The zero-order valence-corrected chi connectivity index (χ0v) is 13.3. The van der Waals surface area contributed by atoms with E-state index in [-0.39, 0.29) is 11.9 Å². The molecule has 1 amide bonds. The van der Waals surface area contributed by atoms with E-state index in [1.54, 1.807) is 6.07 Å². The number of fused-ring (bicyclic) bond motifs is 3. The topological polar surface area (TPSA) is 83.6 Å². The molecule has 2 aromatic carbocycles. The van der Waals surface area contributed by atoms with Crippen LogP contribution in [-0.4, -0.2) is 26.1 Å². The summed E-state index contributed by atoms with van der Waals surface area (Å²) in [6.45, 7) is 3.96. The molecule has 6 heteroatoms. The van der Waals surface area contributed by atoms with Gasteiger partial charge >= 0.3 is 0 Å². The Labute approximate surface area is 137 Å². The standard InChI is InChI=1S/C18H15N5O/c1-10-4-3-5-12(8-10)17(24)21-18-20-16-15(22-23-18)13-9-11(2)6-7-14(13)19-16/h3-9H,1-2H3,(H2,19,20,21,23,24). The fraction of sp³-hybridized carbons (Fsp3) is 0.111. The van der Waals surface area contributed by atoms with Gasteiger partial charge in [0.25, 0.3) is 11.9 Å². The number of hydrogen-bond donors (Lipinski definition) is 2. The first-order chi connectivity index (χ1) is 11.6. The lowest BCUT2D eigenvalue weighted by Crippen LogP contribution is -2.14. The molecule has 0 aliphatic rings. The fourth-order valence-electron chi connectivity index (χ4n) is 2.70. The van der Waals surface area contributed by atoms with Crippen molar-refractivity contribution >= 4 is 33.9 Å². The van der Waals surface area contributed by atoms with Crippen molar-refractivity contribution in [2.24, 2.45) is 0 Å². The predicted molar refractivity (Wildman–Crippen MR) is 93.1 cm³/mol. The minimum absolute atomic E-state index is 0.178. The molecule has 2 aromatic heterocycles. The van der Waals surface area contributed by atoms with Crippen LogP contribution in [0.1, 0.15) is 21.5 Å². The second-order valence-electron chi connectivity index (χ2n) is 5.83. The van der Waals surface area contributed by atoms with Gasteiger partial charge < -0.3 is 4.98 Å². The summed E-state index contributed by atoms with van der Waals surface area (Å²) in [5, 5.41) is 11.9. The molecule has 0 aliphatic heterocycles. The summed E-state index contributed by atoms with van der Waals surface area (Å²) in [6.07, 6.45) is 0. The Morgan fingerprint density at radius 2 is 1.88 bits per heavy atom. The van der Waals surface area contributed by atoms with Gasteiger partial charge in [0.1, 0.15) is 5.52 Å². The van der Waals surface area contributed by atoms with Crippen LogP contribution >= 0.6 is 0 Å². The van der Waals surface area contributed by atoms with Crippen molar-refractivity contribution in [1.29, 1.82) is 0 Å². The molecule has 0 spiro atoms. The summed E-state index contributed by atoms with van der Waals surface area (Å²) < 4.78 is 0. The molecular formula is C18H15N5O. The minimum Gasteiger partial charge on any atom is -0.338 e. The molecule has 0 saturated heterocycles. The summed E-state index contributed by atoms with van der Waals surface area (Å²) in [5.41, 5.74) is 4.96. The zero-order valence-electron chi connectivity index (χ0n) is 13.3. The van der Waals surface area contributed by atoms with Crippen molar-refractivity contribution < 1.29 is 4.79 Å². The Morgan fingerprint density at radius 1 is 1.04 bits per heavy atom. The first-order valence-corrected chi connectivity index (χ1v) is 7.61. The average molecular weight is 317 g/mol. The van der Waals surface area contributed by atoms with Crippen molar-refractivity contribution in [2.75, 3.05) is 5.32 Å². The summed E-state index contributed by atoms with van der Waals surface area (Å²) in [6, 6.07) is 13.4. The molecule has 6 nitrogen and oxygen atoms in total. The van der Waals surface area contributed by atoms with Gasteiger partial charge in [-0.3, -0.25) is 10.1 Å². The average Bonchev–Trinajstić information content (AvgIpc) is 2.92. The Balaban J connectivity index is 1.70. The maximum atomic E-state index is 12.3. The van der Waals surface area contributed by atoms with Crippen LogP contribution in [0.15, 0.2) is 42.5 Å². The van der Waals surface area contributed by atoms with E-state index in [0.717, 1.165) is 22.0 Å². The van der Waals surface area contributed by atoms with Crippen LogP contribution in [0.5, 0.6) is 0 Å². The molecule has 2 heterocycles. The molecule has 118 valence electrons. The van der Waals surface area contributed by atoms with E-state index in [1.165, 1.54) is 0 Å². The number of nitrogens with one attached hydrogen (secondary N) is 2. The first kappa shape index (κ1) is 14.3. The molecule has 0 saturated carbocycles. The quantitative estimate of drug-likeness (QED) is 0.593. The number of benzene rings is 2. The molecule has 24 heavy (non-hydrogen) atoms. The minimum atomic E-state index is -0.258. The number of aryl methyl sites for hydroxylation is 2. The van der Waals surface area contributed by atoms with Gasteiger partial charge in [0.05, 0.1) is 0 Å². The van der Waals surface area contributed by atoms with E-state index in [4.69, 9.17) is 0 Å². The van der Waals surface area contributed by atoms with Crippen LogP contribution in [0.3, 0.4) is 0 Å². The molecule has 0 fully saturated rings. The van der Waals surface area contributed by atoms with E-state index in [2.05, 4.69) is 25.5 Å². The normalized spacial score (nSPS) is 11.1. The molecule has 4 aromatic rings. The molecule has 4 rings (SSSR count). The van der Waals surface area contributed by atoms with Crippen molar-refractivity contribution in [2.45, 2.75) is 13.8 Å². The summed E-state index contributed by atoms with van der Waals surface area (Å²) in [4.78, 5) is 19.9. The Kier molecular flexibility index (Phi) is 3.23. The second-order valence-corrected chi connectivity index (χ2v) is 5.83. The molecule has 0 unspecified atom stereocenters. The van der Waals surface area contributed by atoms with Crippen LogP contribution in [0, 0.1) is 13.8 Å². The third kappa shape index (κ3) is 2.48. The van der Waals surface area contributed by atoms with Gasteiger partial charge in [-0.15, -0.1) is 10.2 Å². The number of aromatic nitrogens is 4. The van der Waals surface area contributed by atoms with E-state index in [0.29, 0.717) is 16.7 Å². The third-order valence-corrected chi connectivity index (χ3v) is 3.88. The van der Waals surface area contributed by atoms with E-state index >= 15 is 0 Å². The van der Waals surface area contributed by atoms with Crippen molar-refractivity contribution in [3.05, 3.63) is 59.2 Å². The number of rotatable bonds is 2. The maximum absolute atomic E-state index is 12.3. The number of hydrogen-bond acceptors (Lipinski definition) is 4. The molecule has 0 aliphatic carbocycles. The van der Waals surface area contributed by atoms with Crippen LogP contribution in [0.2, 0.25) is 0 Å². The fourth-order valence-corrected chi connectivity index (χ4v) is 2.70. The molecule has 2 N–H and O–H groups in total. The van der Waals surface area contributed by atoms with Crippen LogP contribution in [0.4, 0.5) is 5.95 Å². The molecule has 0 atom stereocenters. The number of H-pyrrole nitrogens is 1. The highest BCUT2D eigenvalue weighted by molar-refractivity contribution is 6.05. The maximum Gasteiger partial charge on any atom is 0.258 e. The number of nitrogens with zero attached hydrogens (tertiary/aromatic N) is 3. The lowest BCUT2D eigenvalue weighted by atomic mass is 10.1. The Bertz CT molecular complexity index is 1080. The summed E-state index contributed by atoms with van der Waals surface area (Å²) in [7, 11) is 0. The molecule has 0 bridgehead atoms. The third-order valence-electron chi connectivity index (χ3n) is 3.88. The SMILES string of the molecule is Cc1cccc(C(=O)Nc2nnc3c(n2)[nH]c2ccc(C)cc23)c1. The number of aromatic amines is 1. The van der Waals surface area contributed by atoms with Gasteiger partial charge in [0.2, 0.25) is 0 Å².